The van der Waals surface area contributed by atoms with Crippen LogP contribution in [0, 0.1) is 0 Å². The van der Waals surface area contributed by atoms with Crippen LogP contribution in [0.2, 0.25) is 0 Å². The number of Topliss-reactive ketones (excluding diaryl/α,β-unsaturated/α-hetero) is 1. The highest BCUT2D eigenvalue weighted by Crippen LogP contribution is 2.35. The fraction of sp³-hybridized carbons (Fsp3) is 0.364. The molecule has 0 fully saturated rings. The van der Waals surface area contributed by atoms with Gasteiger partial charge in [-0.1, -0.05) is 30.3 Å². The molecule has 1 N–H and O–H groups in total. The number of rotatable bonds is 3. The Morgan fingerprint density at radius 3 is 2.12 bits per heavy atom. The van der Waals surface area contributed by atoms with E-state index in [1.165, 1.54) is 24.3 Å². The molecule has 0 radical (unpaired) electrons. The van der Waals surface area contributed by atoms with Gasteiger partial charge in [-0.15, -0.1) is 0 Å². The van der Waals surface area contributed by atoms with Crippen LogP contribution in [-0.2, 0) is 10.4 Å². The summed E-state index contributed by atoms with van der Waals surface area (Å²) < 4.78 is 36.9. The third kappa shape index (κ3) is 2.82. The third-order valence-corrected chi connectivity index (χ3v) is 2.29. The minimum Gasteiger partial charge on any atom is -0.377 e. The smallest absolute Gasteiger partial charge is 0.377 e. The van der Waals surface area contributed by atoms with E-state index in [-0.39, 0.29) is 5.56 Å². The van der Waals surface area contributed by atoms with E-state index in [1.807, 2.05) is 0 Å². The molecule has 0 aliphatic carbocycles. The zero-order chi connectivity index (χ0) is 12.4. The van der Waals surface area contributed by atoms with Crippen molar-refractivity contribution in [2.75, 3.05) is 0 Å². The lowest BCUT2D eigenvalue weighted by atomic mass is 9.87. The van der Waals surface area contributed by atoms with E-state index in [1.54, 1.807) is 6.07 Å². The van der Waals surface area contributed by atoms with Crippen LogP contribution in [0.4, 0.5) is 13.2 Å². The quantitative estimate of drug-likeness (QED) is 0.868. The minimum atomic E-state index is -4.60. The average molecular weight is 232 g/mol. The maximum absolute atomic E-state index is 12.3. The highest BCUT2D eigenvalue weighted by Gasteiger charge is 2.45. The Hall–Kier alpha value is -1.36. The SMILES string of the molecule is CC(=O)C(O)(CC(F)(F)F)c1ccccc1. The molecule has 0 heterocycles. The normalized spacial score (nSPS) is 15.6. The van der Waals surface area contributed by atoms with E-state index in [0.717, 1.165) is 6.92 Å². The number of hydrogen-bond acceptors (Lipinski definition) is 2. The lowest BCUT2D eigenvalue weighted by molar-refractivity contribution is -0.184. The zero-order valence-corrected chi connectivity index (χ0v) is 8.58. The first kappa shape index (κ1) is 12.7. The van der Waals surface area contributed by atoms with E-state index < -0.39 is 24.0 Å². The molecule has 1 unspecified atom stereocenters. The number of carbonyl (C=O) groups excluding carboxylic acids is 1. The van der Waals surface area contributed by atoms with Crippen molar-refractivity contribution >= 4 is 5.78 Å². The van der Waals surface area contributed by atoms with Crippen molar-refractivity contribution in [3.05, 3.63) is 35.9 Å². The second-order valence-corrected chi connectivity index (χ2v) is 3.57. The van der Waals surface area contributed by atoms with Gasteiger partial charge < -0.3 is 5.11 Å². The predicted molar refractivity (Wildman–Crippen MR) is 51.7 cm³/mol. The molecular weight excluding hydrogens is 221 g/mol. The summed E-state index contributed by atoms with van der Waals surface area (Å²) in [6.07, 6.45) is -6.17. The number of alkyl halides is 3. The average Bonchev–Trinajstić information content (AvgIpc) is 2.16. The molecule has 2 nitrogen and oxygen atoms in total. The summed E-state index contributed by atoms with van der Waals surface area (Å²) >= 11 is 0. The topological polar surface area (TPSA) is 37.3 Å². The van der Waals surface area contributed by atoms with Crippen molar-refractivity contribution in [3.63, 3.8) is 0 Å². The van der Waals surface area contributed by atoms with Gasteiger partial charge in [-0.2, -0.15) is 13.2 Å². The summed E-state index contributed by atoms with van der Waals surface area (Å²) in [4.78, 5) is 11.2. The van der Waals surface area contributed by atoms with E-state index in [9.17, 15) is 23.1 Å². The van der Waals surface area contributed by atoms with Gasteiger partial charge in [0.05, 0.1) is 6.42 Å². The molecule has 0 amide bonds. The standard InChI is InChI=1S/C11H11F3O2/c1-8(15)10(16,7-11(12,13)14)9-5-3-2-4-6-9/h2-6,16H,7H2,1H3. The summed E-state index contributed by atoms with van der Waals surface area (Å²) in [6, 6.07) is 7.14. The number of carbonyl (C=O) groups is 1. The maximum Gasteiger partial charge on any atom is 0.392 e. The molecule has 1 atom stereocenters. The number of benzene rings is 1. The Morgan fingerprint density at radius 2 is 1.75 bits per heavy atom. The van der Waals surface area contributed by atoms with Crippen LogP contribution < -0.4 is 0 Å². The van der Waals surface area contributed by atoms with Crippen LogP contribution in [0.5, 0.6) is 0 Å². The first-order valence-corrected chi connectivity index (χ1v) is 4.61. The van der Waals surface area contributed by atoms with E-state index >= 15 is 0 Å². The van der Waals surface area contributed by atoms with Gasteiger partial charge in [0.25, 0.3) is 0 Å². The van der Waals surface area contributed by atoms with Crippen molar-refractivity contribution in [1.82, 2.24) is 0 Å². The Balaban J connectivity index is 3.13. The third-order valence-electron chi connectivity index (χ3n) is 2.29. The fourth-order valence-corrected chi connectivity index (χ4v) is 1.43. The van der Waals surface area contributed by atoms with Crippen molar-refractivity contribution < 1.29 is 23.1 Å². The Labute approximate surface area is 90.7 Å². The summed E-state index contributed by atoms with van der Waals surface area (Å²) in [5.41, 5.74) is -2.53. The van der Waals surface area contributed by atoms with Crippen molar-refractivity contribution in [2.24, 2.45) is 0 Å². The highest BCUT2D eigenvalue weighted by molar-refractivity contribution is 5.86. The molecule has 0 bridgehead atoms. The van der Waals surface area contributed by atoms with Crippen molar-refractivity contribution in [2.45, 2.75) is 25.1 Å². The lowest BCUT2D eigenvalue weighted by Crippen LogP contribution is -2.38. The number of aliphatic hydroxyl groups is 1. The number of ketones is 1. The molecule has 88 valence electrons. The van der Waals surface area contributed by atoms with Gasteiger partial charge >= 0.3 is 6.18 Å². The van der Waals surface area contributed by atoms with Gasteiger partial charge in [0.1, 0.15) is 0 Å². The van der Waals surface area contributed by atoms with Gasteiger partial charge in [0.2, 0.25) is 0 Å². The lowest BCUT2D eigenvalue weighted by Gasteiger charge is -2.26. The fourth-order valence-electron chi connectivity index (χ4n) is 1.43. The predicted octanol–water partition coefficient (Wildman–Crippen LogP) is 2.42. The molecule has 0 aromatic heterocycles. The van der Waals surface area contributed by atoms with Crippen molar-refractivity contribution in [3.8, 4) is 0 Å². The van der Waals surface area contributed by atoms with E-state index in [2.05, 4.69) is 0 Å². The summed E-state index contributed by atoms with van der Waals surface area (Å²) in [5.74, 6) is -0.920. The van der Waals surface area contributed by atoms with Crippen LogP contribution in [-0.4, -0.2) is 17.1 Å². The maximum atomic E-state index is 12.3. The van der Waals surface area contributed by atoms with Gasteiger partial charge in [-0.25, -0.2) is 0 Å². The highest BCUT2D eigenvalue weighted by atomic mass is 19.4. The number of hydrogen-bond donors (Lipinski definition) is 1. The monoisotopic (exact) mass is 232 g/mol. The molecule has 0 aliphatic heterocycles. The zero-order valence-electron chi connectivity index (χ0n) is 8.58. The molecule has 1 aromatic rings. The molecule has 0 aliphatic rings. The van der Waals surface area contributed by atoms with Crippen molar-refractivity contribution in [1.29, 1.82) is 0 Å². The second-order valence-electron chi connectivity index (χ2n) is 3.57. The van der Waals surface area contributed by atoms with Crippen LogP contribution in [0.25, 0.3) is 0 Å². The van der Waals surface area contributed by atoms with Gasteiger partial charge in [-0.05, 0) is 12.5 Å². The largest absolute Gasteiger partial charge is 0.392 e. The molecule has 0 saturated carbocycles. The Bertz CT molecular complexity index is 373. The van der Waals surface area contributed by atoms with Crippen LogP contribution in [0.15, 0.2) is 30.3 Å². The molecule has 5 heteroatoms. The van der Waals surface area contributed by atoms with Gasteiger partial charge in [0.15, 0.2) is 11.4 Å². The number of halogens is 3. The summed E-state index contributed by atoms with van der Waals surface area (Å²) in [7, 11) is 0. The molecule has 1 rings (SSSR count). The Kier molecular flexibility index (Phi) is 3.38. The van der Waals surface area contributed by atoms with Gasteiger partial charge in [-0.3, -0.25) is 4.79 Å². The molecule has 16 heavy (non-hydrogen) atoms. The Morgan fingerprint density at radius 1 is 1.25 bits per heavy atom. The molecular formula is C11H11F3O2. The van der Waals surface area contributed by atoms with E-state index in [4.69, 9.17) is 0 Å². The van der Waals surface area contributed by atoms with E-state index in [0.29, 0.717) is 0 Å². The molecule has 1 aromatic carbocycles. The summed E-state index contributed by atoms with van der Waals surface area (Å²) in [5, 5.41) is 9.83. The first-order valence-electron chi connectivity index (χ1n) is 4.61. The van der Waals surface area contributed by atoms with Gasteiger partial charge in [0, 0.05) is 0 Å². The summed E-state index contributed by atoms with van der Waals surface area (Å²) in [6.45, 7) is 0.943. The van der Waals surface area contributed by atoms with Crippen LogP contribution >= 0.6 is 0 Å². The first-order chi connectivity index (χ1) is 7.26. The van der Waals surface area contributed by atoms with Crippen LogP contribution in [0.1, 0.15) is 18.9 Å². The molecule has 0 saturated heterocycles. The second kappa shape index (κ2) is 4.25. The van der Waals surface area contributed by atoms with Crippen LogP contribution in [0.3, 0.4) is 0 Å². The minimum absolute atomic E-state index is 0.0418. The molecule has 0 spiro atoms.